The minimum Gasteiger partial charge on any atom is -0.479 e. The minimum absolute atomic E-state index is 0.191. The number of nitrogens with zero attached hydrogens (tertiary/aromatic N) is 2. The van der Waals surface area contributed by atoms with Crippen LogP contribution < -0.4 is 0 Å². The second-order valence-corrected chi connectivity index (χ2v) is 6.03. The number of carbonyl (C=O) groups is 1. The first kappa shape index (κ1) is 14.4. The van der Waals surface area contributed by atoms with Crippen LogP contribution in [0.15, 0.2) is 18.2 Å². The summed E-state index contributed by atoms with van der Waals surface area (Å²) in [6.45, 7) is 4.13. The van der Waals surface area contributed by atoms with Crippen molar-refractivity contribution in [1.29, 1.82) is 0 Å². The van der Waals surface area contributed by atoms with Crippen LogP contribution in [0.5, 0.6) is 0 Å². The number of carboxylic acid groups (broad SMARTS) is 1. The van der Waals surface area contributed by atoms with Crippen molar-refractivity contribution in [2.24, 2.45) is 0 Å². The van der Waals surface area contributed by atoms with Crippen LogP contribution in [0.2, 0.25) is 5.02 Å². The van der Waals surface area contributed by atoms with Crippen LogP contribution in [-0.4, -0.2) is 26.7 Å². The van der Waals surface area contributed by atoms with Gasteiger partial charge in [0.15, 0.2) is 6.10 Å². The molecule has 1 aromatic heterocycles. The molecular formula is C15H17ClN2O3. The molecule has 1 N–H and O–H groups in total. The molecule has 2 heterocycles. The number of hydrogen-bond donors (Lipinski definition) is 1. The van der Waals surface area contributed by atoms with Crippen LogP contribution in [0.4, 0.5) is 0 Å². The molecule has 0 bridgehead atoms. The molecule has 21 heavy (non-hydrogen) atoms. The average molecular weight is 309 g/mol. The van der Waals surface area contributed by atoms with Crippen LogP contribution in [0, 0.1) is 0 Å². The van der Waals surface area contributed by atoms with E-state index in [9.17, 15) is 4.79 Å². The summed E-state index contributed by atoms with van der Waals surface area (Å²) >= 11 is 6.08. The van der Waals surface area contributed by atoms with E-state index in [4.69, 9.17) is 21.4 Å². The largest absolute Gasteiger partial charge is 0.479 e. The van der Waals surface area contributed by atoms with Gasteiger partial charge in [-0.3, -0.25) is 0 Å². The van der Waals surface area contributed by atoms with E-state index in [0.29, 0.717) is 17.9 Å². The molecule has 1 saturated heterocycles. The summed E-state index contributed by atoms with van der Waals surface area (Å²) in [5, 5.41) is 9.72. The summed E-state index contributed by atoms with van der Waals surface area (Å²) in [7, 11) is 0. The lowest BCUT2D eigenvalue weighted by molar-refractivity contribution is -0.149. The third kappa shape index (κ3) is 2.51. The molecule has 1 aliphatic heterocycles. The predicted molar refractivity (Wildman–Crippen MR) is 79.6 cm³/mol. The van der Waals surface area contributed by atoms with E-state index in [1.54, 1.807) is 6.07 Å². The molecule has 2 unspecified atom stereocenters. The number of fused-ring (bicyclic) bond motifs is 1. The molecule has 0 spiro atoms. The second-order valence-electron chi connectivity index (χ2n) is 5.60. The molecule has 5 nitrogen and oxygen atoms in total. The first-order chi connectivity index (χ1) is 9.97. The molecule has 0 radical (unpaired) electrons. The number of ether oxygens (including phenoxy) is 1. The third-order valence-corrected chi connectivity index (χ3v) is 4.01. The Hall–Kier alpha value is -1.59. The van der Waals surface area contributed by atoms with Crippen molar-refractivity contribution in [3.8, 4) is 0 Å². The molecule has 2 aromatic rings. The number of benzene rings is 1. The smallest absolute Gasteiger partial charge is 0.332 e. The highest BCUT2D eigenvalue weighted by atomic mass is 35.5. The maximum atomic E-state index is 11.0. The highest BCUT2D eigenvalue weighted by Gasteiger charge is 2.34. The highest BCUT2D eigenvalue weighted by Crippen LogP contribution is 2.36. The van der Waals surface area contributed by atoms with Gasteiger partial charge in [-0.05, 0) is 44.9 Å². The Morgan fingerprint density at radius 1 is 1.48 bits per heavy atom. The fraction of sp³-hybridized carbons (Fsp3) is 0.467. The molecule has 1 fully saturated rings. The first-order valence-corrected chi connectivity index (χ1v) is 7.41. The van der Waals surface area contributed by atoms with Crippen molar-refractivity contribution in [3.05, 3.63) is 29.0 Å². The lowest BCUT2D eigenvalue weighted by Crippen LogP contribution is -2.19. The number of aromatic nitrogens is 2. The molecular weight excluding hydrogens is 292 g/mol. The number of carboxylic acids is 1. The Labute approximate surface area is 127 Å². The van der Waals surface area contributed by atoms with Gasteiger partial charge in [-0.1, -0.05) is 11.6 Å². The molecule has 3 rings (SSSR count). The predicted octanol–water partition coefficient (Wildman–Crippen LogP) is 3.58. The van der Waals surface area contributed by atoms with Crippen LogP contribution in [0.25, 0.3) is 11.0 Å². The van der Waals surface area contributed by atoms with E-state index in [1.807, 2.05) is 12.1 Å². The van der Waals surface area contributed by atoms with Gasteiger partial charge in [0.25, 0.3) is 0 Å². The Bertz CT molecular complexity index is 696. The van der Waals surface area contributed by atoms with Gasteiger partial charge in [0.05, 0.1) is 11.0 Å². The zero-order chi connectivity index (χ0) is 15.1. The Morgan fingerprint density at radius 2 is 2.24 bits per heavy atom. The fourth-order valence-electron chi connectivity index (χ4n) is 2.86. The third-order valence-electron chi connectivity index (χ3n) is 3.78. The van der Waals surface area contributed by atoms with Crippen molar-refractivity contribution in [2.75, 3.05) is 0 Å². The van der Waals surface area contributed by atoms with Gasteiger partial charge in [-0.25, -0.2) is 9.78 Å². The summed E-state index contributed by atoms with van der Waals surface area (Å²) in [6, 6.07) is 5.76. The lowest BCUT2D eigenvalue weighted by Gasteiger charge is -2.17. The maximum absolute atomic E-state index is 11.0. The lowest BCUT2D eigenvalue weighted by atomic mass is 10.2. The van der Waals surface area contributed by atoms with Gasteiger partial charge in [0.1, 0.15) is 11.9 Å². The molecule has 1 aromatic carbocycles. The van der Waals surface area contributed by atoms with Crippen LogP contribution in [0.3, 0.4) is 0 Å². The quantitative estimate of drug-likeness (QED) is 0.941. The number of hydrogen-bond acceptors (Lipinski definition) is 3. The van der Waals surface area contributed by atoms with Crippen molar-refractivity contribution < 1.29 is 14.6 Å². The fourth-order valence-corrected chi connectivity index (χ4v) is 3.03. The molecule has 0 aliphatic carbocycles. The van der Waals surface area contributed by atoms with Crippen LogP contribution in [0.1, 0.15) is 44.7 Å². The first-order valence-electron chi connectivity index (χ1n) is 7.03. The van der Waals surface area contributed by atoms with Gasteiger partial charge in [0, 0.05) is 11.1 Å². The van der Waals surface area contributed by atoms with Crippen molar-refractivity contribution in [2.45, 2.75) is 44.9 Å². The monoisotopic (exact) mass is 308 g/mol. The zero-order valence-electron chi connectivity index (χ0n) is 11.9. The molecule has 2 atom stereocenters. The number of aliphatic carboxylic acids is 1. The van der Waals surface area contributed by atoms with E-state index in [0.717, 1.165) is 16.9 Å². The number of rotatable bonds is 3. The van der Waals surface area contributed by atoms with Crippen LogP contribution in [-0.2, 0) is 9.53 Å². The Balaban J connectivity index is 2.06. The number of halogens is 1. The molecule has 1 aliphatic rings. The van der Waals surface area contributed by atoms with Gasteiger partial charge >= 0.3 is 5.97 Å². The van der Waals surface area contributed by atoms with E-state index < -0.39 is 12.1 Å². The van der Waals surface area contributed by atoms with E-state index in [2.05, 4.69) is 23.4 Å². The minimum atomic E-state index is -0.909. The maximum Gasteiger partial charge on any atom is 0.332 e. The second kappa shape index (κ2) is 5.31. The average Bonchev–Trinajstić information content (AvgIpc) is 3.01. The Kier molecular flexibility index (Phi) is 3.63. The molecule has 112 valence electrons. The molecule has 6 heteroatoms. The van der Waals surface area contributed by atoms with Gasteiger partial charge in [0.2, 0.25) is 0 Å². The van der Waals surface area contributed by atoms with Gasteiger partial charge in [-0.15, -0.1) is 0 Å². The van der Waals surface area contributed by atoms with Crippen molar-refractivity contribution in [3.63, 3.8) is 0 Å². The van der Waals surface area contributed by atoms with E-state index >= 15 is 0 Å². The van der Waals surface area contributed by atoms with Crippen molar-refractivity contribution in [1.82, 2.24) is 9.55 Å². The van der Waals surface area contributed by atoms with Gasteiger partial charge < -0.3 is 14.4 Å². The van der Waals surface area contributed by atoms with E-state index in [-0.39, 0.29) is 12.1 Å². The summed E-state index contributed by atoms with van der Waals surface area (Å²) in [5.74, 6) is -0.126. The topological polar surface area (TPSA) is 64.4 Å². The van der Waals surface area contributed by atoms with Gasteiger partial charge in [-0.2, -0.15) is 0 Å². The summed E-state index contributed by atoms with van der Waals surface area (Å²) < 4.78 is 7.72. The van der Waals surface area contributed by atoms with Crippen molar-refractivity contribution >= 4 is 28.6 Å². The standard InChI is InChI=1S/C15H17ClN2O3/c1-8(2)18-11-7-9(16)3-4-10(11)17-14(18)12-5-6-13(21-12)15(19)20/h3-4,7-8,12-13H,5-6H2,1-2H3,(H,19,20). The highest BCUT2D eigenvalue weighted by molar-refractivity contribution is 6.31. The zero-order valence-corrected chi connectivity index (χ0v) is 12.7. The normalized spacial score (nSPS) is 22.3. The number of imidazole rings is 1. The summed E-state index contributed by atoms with van der Waals surface area (Å²) in [4.78, 5) is 15.7. The van der Waals surface area contributed by atoms with Crippen LogP contribution >= 0.6 is 11.6 Å². The summed E-state index contributed by atoms with van der Waals surface area (Å²) in [6.07, 6.45) is 0.168. The SMILES string of the molecule is CC(C)n1c(C2CCC(C(=O)O)O2)nc2ccc(Cl)cc21. The van der Waals surface area contributed by atoms with E-state index in [1.165, 1.54) is 0 Å². The Morgan fingerprint density at radius 3 is 2.86 bits per heavy atom. The molecule has 0 saturated carbocycles. The summed E-state index contributed by atoms with van der Waals surface area (Å²) in [5.41, 5.74) is 1.81. The molecule has 0 amide bonds.